The third-order valence-electron chi connectivity index (χ3n) is 7.14. The number of aliphatic carboxylic acids is 1. The Hall–Kier alpha value is -2.58. The maximum atomic E-state index is 14.9. The number of carbonyl (C=O) groups is 6. The Balaban J connectivity index is 8.30. The number of nitrogens with zero attached hydrogens (tertiary/aromatic N) is 2. The molecule has 0 aromatic carbocycles. The maximum Gasteiger partial charge on any atom is 0.343 e. The van der Waals surface area contributed by atoms with E-state index in [1.54, 1.807) is 6.92 Å². The van der Waals surface area contributed by atoms with Crippen LogP contribution in [-0.2, 0) is 28.8 Å². The van der Waals surface area contributed by atoms with Gasteiger partial charge in [-0.1, -0.05) is 27.2 Å². The fraction of sp³-hybridized carbons (Fsp3) is 0.760. The van der Waals surface area contributed by atoms with Gasteiger partial charge < -0.3 is 31.1 Å². The summed E-state index contributed by atoms with van der Waals surface area (Å²) in [4.78, 5) is 82.3. The molecule has 38 heavy (non-hydrogen) atoms. The number of carboxylic acids is 1. The van der Waals surface area contributed by atoms with Gasteiger partial charge in [-0.3, -0.25) is 28.9 Å². The first-order valence-corrected chi connectivity index (χ1v) is 12.2. The number of carbonyl (C=O) groups excluding carboxylic acids is 5. The van der Waals surface area contributed by atoms with Crippen molar-refractivity contribution in [3.8, 4) is 0 Å². The van der Waals surface area contributed by atoms with E-state index in [-0.39, 0.29) is 12.8 Å². The monoisotopic (exact) mass is 546 g/mol. The number of nitrogens with two attached hydrogens (primary N) is 1. The van der Waals surface area contributed by atoms with Crippen molar-refractivity contribution in [2.75, 3.05) is 21.1 Å². The van der Waals surface area contributed by atoms with E-state index in [9.17, 15) is 49.2 Å². The Morgan fingerprint density at radius 3 is 1.76 bits per heavy atom. The minimum Gasteiger partial charge on any atom is -0.479 e. The Bertz CT molecular complexity index is 968. The van der Waals surface area contributed by atoms with Crippen LogP contribution in [0.25, 0.3) is 0 Å². The van der Waals surface area contributed by atoms with E-state index in [0.29, 0.717) is 11.8 Å². The first kappa shape index (κ1) is 33.4. The van der Waals surface area contributed by atoms with Crippen molar-refractivity contribution in [3.63, 3.8) is 0 Å². The van der Waals surface area contributed by atoms with Gasteiger partial charge in [0.2, 0.25) is 11.4 Å². The number of likely N-dealkylation sites (N-methyl/N-ethyl adjacent to an activating group) is 2. The van der Waals surface area contributed by atoms with Crippen LogP contribution in [0, 0.1) is 5.92 Å². The molecule has 1 unspecified atom stereocenters. The number of amides is 1. The SMILES string of the molecule is [2H]CN(C(=O)[C@@H](C)O)[C@@](C(=O)[C@@](C)(O)C(=O)O)(C(=O)[C@@](CC(=O)C(N)CC)(C(=O)[C@H](C)O)N(C)C)[C@@H](C)CC. The fourth-order valence-electron chi connectivity index (χ4n) is 4.36. The van der Waals surface area contributed by atoms with Crippen molar-refractivity contribution in [2.24, 2.45) is 11.7 Å². The van der Waals surface area contributed by atoms with Gasteiger partial charge in [0.15, 0.2) is 28.4 Å². The average Bonchev–Trinajstić information content (AvgIpc) is 2.86. The second-order valence-corrected chi connectivity index (χ2v) is 10.0. The summed E-state index contributed by atoms with van der Waals surface area (Å²) < 4.78 is 8.08. The van der Waals surface area contributed by atoms with Crippen LogP contribution in [0.4, 0.5) is 0 Å². The topological polar surface area (TPSA) is 216 Å². The second kappa shape index (κ2) is 13.0. The number of Topliss-reactive ketones (excluding diaryl/α,β-unsaturated/α-hetero) is 4. The number of aliphatic hydroxyl groups is 3. The van der Waals surface area contributed by atoms with Crippen molar-refractivity contribution in [3.05, 3.63) is 0 Å². The van der Waals surface area contributed by atoms with Gasteiger partial charge in [0.05, 0.1) is 6.04 Å². The zero-order valence-corrected chi connectivity index (χ0v) is 23.3. The maximum absolute atomic E-state index is 14.9. The molecule has 0 rings (SSSR count). The summed E-state index contributed by atoms with van der Waals surface area (Å²) in [5, 5.41) is 41.0. The second-order valence-electron chi connectivity index (χ2n) is 10.0. The molecular weight excluding hydrogens is 502 g/mol. The summed E-state index contributed by atoms with van der Waals surface area (Å²) in [6, 6.07) is -1.17. The van der Waals surface area contributed by atoms with Crippen LogP contribution in [0.15, 0.2) is 0 Å². The first-order valence-electron chi connectivity index (χ1n) is 12.9. The number of hydrogen-bond donors (Lipinski definition) is 5. The van der Waals surface area contributed by atoms with Gasteiger partial charge in [-0.25, -0.2) is 4.79 Å². The average molecular weight is 547 g/mol. The van der Waals surface area contributed by atoms with Gasteiger partial charge in [0.25, 0.3) is 5.91 Å². The molecule has 0 fully saturated rings. The van der Waals surface area contributed by atoms with Crippen LogP contribution in [0.3, 0.4) is 0 Å². The molecule has 0 aromatic heterocycles. The van der Waals surface area contributed by atoms with Gasteiger partial charge in [-0.15, -0.1) is 0 Å². The van der Waals surface area contributed by atoms with Crippen molar-refractivity contribution in [1.29, 1.82) is 0 Å². The van der Waals surface area contributed by atoms with Crippen LogP contribution < -0.4 is 5.73 Å². The van der Waals surface area contributed by atoms with Crippen LogP contribution in [0.2, 0.25) is 0 Å². The Kier molecular flexibility index (Phi) is 11.4. The highest BCUT2D eigenvalue weighted by molar-refractivity contribution is 6.30. The fourth-order valence-corrected chi connectivity index (χ4v) is 4.36. The highest BCUT2D eigenvalue weighted by Gasteiger charge is 2.68. The van der Waals surface area contributed by atoms with Crippen LogP contribution >= 0.6 is 0 Å². The lowest BCUT2D eigenvalue weighted by Crippen LogP contribution is -2.78. The zero-order valence-electron chi connectivity index (χ0n) is 24.3. The molecule has 0 bridgehead atoms. The summed E-state index contributed by atoms with van der Waals surface area (Å²) in [5.74, 6) is -10.2. The van der Waals surface area contributed by atoms with E-state index in [1.807, 2.05) is 0 Å². The molecule has 0 heterocycles. The summed E-state index contributed by atoms with van der Waals surface area (Å²) in [7, 11) is 1.22. The molecule has 13 heteroatoms. The van der Waals surface area contributed by atoms with E-state index in [1.165, 1.54) is 27.9 Å². The molecule has 6 N–H and O–H groups in total. The quantitative estimate of drug-likeness (QED) is 0.140. The lowest BCUT2D eigenvalue weighted by molar-refractivity contribution is -0.180. The minimum absolute atomic E-state index is 0.0991. The van der Waals surface area contributed by atoms with Gasteiger partial charge in [0, 0.05) is 14.8 Å². The smallest absolute Gasteiger partial charge is 0.343 e. The normalized spacial score (nSPS) is 20.0. The van der Waals surface area contributed by atoms with Gasteiger partial charge in [-0.05, 0) is 47.2 Å². The summed E-state index contributed by atoms with van der Waals surface area (Å²) in [5.41, 5.74) is -3.24. The zero-order chi connectivity index (χ0) is 31.3. The predicted octanol–water partition coefficient (Wildman–Crippen LogP) is -1.47. The Morgan fingerprint density at radius 2 is 1.45 bits per heavy atom. The van der Waals surface area contributed by atoms with E-state index in [2.05, 4.69) is 0 Å². The number of aliphatic hydroxyl groups excluding tert-OH is 2. The number of carboxylic acid groups (broad SMARTS) is 1. The van der Waals surface area contributed by atoms with Crippen molar-refractivity contribution in [1.82, 2.24) is 9.80 Å². The third kappa shape index (κ3) is 6.01. The molecule has 0 saturated carbocycles. The molecule has 1 amide bonds. The number of ketones is 4. The molecule has 0 radical (unpaired) electrons. The number of rotatable bonds is 16. The molecule has 13 nitrogen and oxygen atoms in total. The van der Waals surface area contributed by atoms with E-state index >= 15 is 0 Å². The van der Waals surface area contributed by atoms with E-state index < -0.39 is 89.3 Å². The van der Waals surface area contributed by atoms with Gasteiger partial charge >= 0.3 is 5.97 Å². The first-order chi connectivity index (χ1) is 17.7. The molecule has 0 spiro atoms. The summed E-state index contributed by atoms with van der Waals surface area (Å²) in [6.07, 6.45) is -4.81. The molecule has 218 valence electrons. The summed E-state index contributed by atoms with van der Waals surface area (Å²) >= 11 is 0. The molecule has 0 aliphatic carbocycles. The molecule has 0 aliphatic heterocycles. The van der Waals surface area contributed by atoms with E-state index in [0.717, 1.165) is 18.7 Å². The lowest BCUT2D eigenvalue weighted by Gasteiger charge is -2.51. The highest BCUT2D eigenvalue weighted by atomic mass is 16.4. The lowest BCUT2D eigenvalue weighted by atomic mass is 9.62. The number of hydrogen-bond acceptors (Lipinski definition) is 11. The molecule has 0 aromatic rings. The highest BCUT2D eigenvalue weighted by Crippen LogP contribution is 2.40. The summed E-state index contributed by atoms with van der Waals surface area (Å²) in [6.45, 7) is 6.87. The van der Waals surface area contributed by atoms with Gasteiger partial charge in [-0.2, -0.15) is 0 Å². The standard InChI is InChI=1S/C25H43N3O10/c1-10-13(3)25(28(9)19(33)15(5)30,20(34)23(6,38)22(36)37)21(35)24(27(7)8,18(32)14(4)29)12-17(31)16(26)11-2/h13-16,29-30,38H,10-12,26H2,1-9H3,(H,36,37)/t13-,14-,15+,16?,23+,24+,25-/m0/s1/i9D. The third-order valence-corrected chi connectivity index (χ3v) is 7.14. The van der Waals surface area contributed by atoms with E-state index in [4.69, 9.17) is 7.10 Å². The molecule has 0 aliphatic rings. The van der Waals surface area contributed by atoms with Crippen molar-refractivity contribution < 1.29 is 50.6 Å². The van der Waals surface area contributed by atoms with Crippen LogP contribution in [0.5, 0.6) is 0 Å². The largest absolute Gasteiger partial charge is 0.479 e. The van der Waals surface area contributed by atoms with Crippen LogP contribution in [0.1, 0.15) is 62.2 Å². The Labute approximate surface area is 224 Å². The minimum atomic E-state index is -3.33. The molecular formula is C25H43N3O10. The van der Waals surface area contributed by atoms with Crippen molar-refractivity contribution >= 4 is 35.0 Å². The molecule has 0 saturated heterocycles. The predicted molar refractivity (Wildman–Crippen MR) is 136 cm³/mol. The van der Waals surface area contributed by atoms with Gasteiger partial charge in [0.1, 0.15) is 12.2 Å². The van der Waals surface area contributed by atoms with Crippen molar-refractivity contribution in [2.45, 2.75) is 95.7 Å². The molecule has 7 atom stereocenters. The Morgan fingerprint density at radius 1 is 0.947 bits per heavy atom. The van der Waals surface area contributed by atoms with Crippen LogP contribution in [-0.4, -0.2) is 121 Å².